The Labute approximate surface area is 155 Å². The van der Waals surface area contributed by atoms with Crippen LogP contribution < -0.4 is 10.6 Å². The van der Waals surface area contributed by atoms with E-state index < -0.39 is 24.7 Å². The first-order chi connectivity index (χ1) is 11.9. The molecule has 1 heterocycles. The minimum absolute atomic E-state index is 0.0476. The van der Waals surface area contributed by atoms with E-state index in [9.17, 15) is 22.9 Å². The number of nitrogens with one attached hydrogen (secondary N) is 2. The van der Waals surface area contributed by atoms with Crippen molar-refractivity contribution in [2.75, 3.05) is 13.2 Å². The van der Waals surface area contributed by atoms with Crippen molar-refractivity contribution < 1.29 is 37.3 Å². The molecule has 142 valence electrons. The molecule has 0 saturated carbocycles. The van der Waals surface area contributed by atoms with E-state index in [1.807, 2.05) is 0 Å². The van der Waals surface area contributed by atoms with Gasteiger partial charge < -0.3 is 15.1 Å². The first-order valence-corrected chi connectivity index (χ1v) is 9.71. The minimum Gasteiger partial charge on any atom is -0.347 e. The molecular formula is C14H16BrF2N3O5P+. The van der Waals surface area contributed by atoms with Crippen LogP contribution in [0.2, 0.25) is 0 Å². The second-order valence-corrected chi connectivity index (χ2v) is 8.07. The predicted molar refractivity (Wildman–Crippen MR) is 91.5 cm³/mol. The van der Waals surface area contributed by atoms with E-state index >= 15 is 0 Å². The van der Waals surface area contributed by atoms with Crippen molar-refractivity contribution in [3.63, 3.8) is 0 Å². The molecular weight excluding hydrogens is 439 g/mol. The number of hydrogen-bond acceptors (Lipinski definition) is 3. The molecule has 0 saturated heterocycles. The van der Waals surface area contributed by atoms with Crippen LogP contribution in [0, 0.1) is 0 Å². The van der Waals surface area contributed by atoms with E-state index in [1.165, 1.54) is 17.6 Å². The number of rotatable bonds is 6. The molecule has 26 heavy (non-hydrogen) atoms. The lowest BCUT2D eigenvalue weighted by Gasteiger charge is -2.19. The Morgan fingerprint density at radius 2 is 2.00 bits per heavy atom. The summed E-state index contributed by atoms with van der Waals surface area (Å²) in [6.07, 6.45) is 2.05. The van der Waals surface area contributed by atoms with Crippen LogP contribution in [0.25, 0.3) is 0 Å². The summed E-state index contributed by atoms with van der Waals surface area (Å²) in [5, 5.41) is 4.83. The quantitative estimate of drug-likeness (QED) is 0.379. The van der Waals surface area contributed by atoms with Gasteiger partial charge in [-0.3, -0.25) is 19.5 Å². The summed E-state index contributed by atoms with van der Waals surface area (Å²) in [5.41, 5.74) is -4.24. The summed E-state index contributed by atoms with van der Waals surface area (Å²) in [4.78, 5) is 40.3. The molecule has 0 spiro atoms. The molecule has 0 radical (unpaired) electrons. The number of halogens is 3. The number of alkyl halides is 2. The van der Waals surface area contributed by atoms with Crippen molar-refractivity contribution in [3.05, 3.63) is 27.7 Å². The SMILES string of the molecule is CC(=O)NCC(=O)NC[N+]1=CCc2cc(Br)c(C(F)(F)P(=O)(O)O)cc21. The summed E-state index contributed by atoms with van der Waals surface area (Å²) in [6, 6.07) is 2.35. The number of carbonyl (C=O) groups is 2. The Hall–Kier alpha value is -1.68. The molecule has 1 aromatic rings. The van der Waals surface area contributed by atoms with E-state index in [0.29, 0.717) is 17.7 Å². The van der Waals surface area contributed by atoms with Crippen LogP contribution in [0.4, 0.5) is 14.5 Å². The Kier molecular flexibility index (Phi) is 5.96. The second kappa shape index (κ2) is 7.51. The van der Waals surface area contributed by atoms with Gasteiger partial charge in [0, 0.05) is 23.0 Å². The maximum atomic E-state index is 14.1. The van der Waals surface area contributed by atoms with Crippen molar-refractivity contribution in [2.45, 2.75) is 19.0 Å². The third-order valence-corrected chi connectivity index (χ3v) is 5.27. The molecule has 2 amide bonds. The molecule has 2 rings (SSSR count). The molecule has 0 unspecified atom stereocenters. The van der Waals surface area contributed by atoms with Crippen LogP contribution in [0.15, 0.2) is 16.6 Å². The lowest BCUT2D eigenvalue weighted by molar-refractivity contribution is -0.436. The van der Waals surface area contributed by atoms with Gasteiger partial charge in [0.05, 0.1) is 18.5 Å². The molecule has 0 bridgehead atoms. The van der Waals surface area contributed by atoms with Crippen molar-refractivity contribution >= 4 is 47.2 Å². The van der Waals surface area contributed by atoms with Gasteiger partial charge in [0.25, 0.3) is 0 Å². The van der Waals surface area contributed by atoms with Gasteiger partial charge >= 0.3 is 13.3 Å². The molecule has 1 aliphatic rings. The second-order valence-electron chi connectivity index (χ2n) is 5.57. The fourth-order valence-corrected chi connectivity index (χ4v) is 3.61. The van der Waals surface area contributed by atoms with Crippen LogP contribution in [-0.4, -0.2) is 45.6 Å². The molecule has 1 aliphatic heterocycles. The highest BCUT2D eigenvalue weighted by Crippen LogP contribution is 2.61. The molecule has 1 aromatic carbocycles. The summed E-state index contributed by atoms with van der Waals surface area (Å²) in [5.74, 6) is -0.840. The van der Waals surface area contributed by atoms with Crippen LogP contribution in [0.5, 0.6) is 0 Å². The maximum Gasteiger partial charge on any atom is 0.399 e. The van der Waals surface area contributed by atoms with Gasteiger partial charge in [-0.05, 0) is 6.07 Å². The van der Waals surface area contributed by atoms with Gasteiger partial charge in [0.2, 0.25) is 24.2 Å². The smallest absolute Gasteiger partial charge is 0.347 e. The number of carbonyl (C=O) groups excluding carboxylic acids is 2. The Morgan fingerprint density at radius 1 is 1.35 bits per heavy atom. The van der Waals surface area contributed by atoms with Crippen molar-refractivity contribution in [3.8, 4) is 0 Å². The number of fused-ring (bicyclic) bond motifs is 1. The van der Waals surface area contributed by atoms with E-state index in [2.05, 4.69) is 26.6 Å². The van der Waals surface area contributed by atoms with Crippen molar-refractivity contribution in [2.24, 2.45) is 0 Å². The third-order valence-electron chi connectivity index (χ3n) is 3.64. The molecule has 0 atom stereocenters. The average Bonchev–Trinajstić information content (AvgIpc) is 2.90. The summed E-state index contributed by atoms with van der Waals surface area (Å²) in [7, 11) is -5.71. The van der Waals surface area contributed by atoms with Gasteiger partial charge in [-0.1, -0.05) is 15.9 Å². The zero-order chi connectivity index (χ0) is 19.7. The predicted octanol–water partition coefficient (Wildman–Crippen LogP) is 1.16. The summed E-state index contributed by atoms with van der Waals surface area (Å²) < 4.78 is 40.7. The highest BCUT2D eigenvalue weighted by molar-refractivity contribution is 9.10. The zero-order valence-corrected chi connectivity index (χ0v) is 16.0. The van der Waals surface area contributed by atoms with E-state index in [4.69, 9.17) is 9.79 Å². The standard InChI is InChI=1S/C14H15BrF2N3O5P/c1-8(21)18-6-13(22)19-7-20-3-2-9-4-11(15)10(5-12(9)20)14(16,17)26(23,24)25/h3-5H,2,6-7H2,1H3,(H3-,18,19,21,22,23,24,25)/p+1. The zero-order valence-electron chi connectivity index (χ0n) is 13.5. The normalized spacial score (nSPS) is 13.8. The first-order valence-electron chi connectivity index (χ1n) is 7.31. The first kappa shape index (κ1) is 20.6. The molecule has 4 N–H and O–H groups in total. The fraction of sp³-hybridized carbons (Fsp3) is 0.357. The van der Waals surface area contributed by atoms with Gasteiger partial charge in [0.1, 0.15) is 0 Å². The molecule has 8 nitrogen and oxygen atoms in total. The molecule has 0 aromatic heterocycles. The van der Waals surface area contributed by atoms with Crippen LogP contribution in [0.3, 0.4) is 0 Å². The summed E-state index contributed by atoms with van der Waals surface area (Å²) in [6.45, 7) is 0.990. The maximum absolute atomic E-state index is 14.1. The van der Waals surface area contributed by atoms with E-state index in [-0.39, 0.29) is 23.6 Å². The van der Waals surface area contributed by atoms with Gasteiger partial charge in [-0.15, -0.1) is 0 Å². The Morgan fingerprint density at radius 3 is 2.58 bits per heavy atom. The average molecular weight is 455 g/mol. The fourth-order valence-electron chi connectivity index (χ4n) is 2.32. The highest BCUT2D eigenvalue weighted by atomic mass is 79.9. The Balaban J connectivity index is 2.21. The van der Waals surface area contributed by atoms with Gasteiger partial charge in [-0.2, -0.15) is 13.4 Å². The molecule has 12 heteroatoms. The molecule has 0 fully saturated rings. The monoisotopic (exact) mass is 454 g/mol. The Bertz CT molecular complexity index is 840. The number of hydrogen-bond donors (Lipinski definition) is 4. The van der Waals surface area contributed by atoms with Gasteiger partial charge in [-0.25, -0.2) is 0 Å². The number of benzene rings is 1. The highest BCUT2D eigenvalue weighted by Gasteiger charge is 2.52. The van der Waals surface area contributed by atoms with Crippen molar-refractivity contribution in [1.82, 2.24) is 10.6 Å². The number of amides is 2. The minimum atomic E-state index is -5.71. The largest absolute Gasteiger partial charge is 0.399 e. The van der Waals surface area contributed by atoms with E-state index in [0.717, 1.165) is 6.07 Å². The van der Waals surface area contributed by atoms with Crippen LogP contribution in [-0.2, 0) is 26.2 Å². The molecule has 0 aliphatic carbocycles. The lowest BCUT2D eigenvalue weighted by Crippen LogP contribution is -2.38. The van der Waals surface area contributed by atoms with E-state index in [1.54, 1.807) is 6.21 Å². The third kappa shape index (κ3) is 4.35. The van der Waals surface area contributed by atoms with Crippen LogP contribution >= 0.6 is 23.5 Å². The lowest BCUT2D eigenvalue weighted by atomic mass is 10.1. The van der Waals surface area contributed by atoms with Gasteiger partial charge in [0.15, 0.2) is 6.21 Å². The van der Waals surface area contributed by atoms with Crippen molar-refractivity contribution in [1.29, 1.82) is 0 Å². The number of nitrogens with zero attached hydrogens (tertiary/aromatic N) is 1. The van der Waals surface area contributed by atoms with Crippen LogP contribution in [0.1, 0.15) is 18.1 Å². The topological polar surface area (TPSA) is 119 Å². The summed E-state index contributed by atoms with van der Waals surface area (Å²) >= 11 is 2.93.